The van der Waals surface area contributed by atoms with Crippen LogP contribution in [0, 0.1) is 5.92 Å². The van der Waals surface area contributed by atoms with Gasteiger partial charge in [-0.15, -0.1) is 0 Å². The molecule has 13 atom stereocenters. The first-order valence-corrected chi connectivity index (χ1v) is 30.9. The second-order valence-electron chi connectivity index (χ2n) is 23.0. The molecule has 0 saturated carbocycles. The highest BCUT2D eigenvalue weighted by Crippen LogP contribution is 2.32. The van der Waals surface area contributed by atoms with Crippen molar-refractivity contribution in [1.29, 1.82) is 0 Å². The Labute approximate surface area is 525 Å². The lowest BCUT2D eigenvalue weighted by Crippen LogP contribution is -2.64. The summed E-state index contributed by atoms with van der Waals surface area (Å²) in [6.07, 6.45) is -4.49. The van der Waals surface area contributed by atoms with Crippen molar-refractivity contribution in [3.63, 3.8) is 0 Å². The van der Waals surface area contributed by atoms with E-state index in [-0.39, 0.29) is 42.3 Å². The lowest BCUT2D eigenvalue weighted by atomic mass is 9.98. The van der Waals surface area contributed by atoms with Gasteiger partial charge in [0.2, 0.25) is 35.4 Å². The van der Waals surface area contributed by atoms with Crippen molar-refractivity contribution < 1.29 is 103 Å². The second-order valence-corrected chi connectivity index (χ2v) is 23.4. The number of hydrogen-bond donors (Lipinski definition) is 16. The number of fused-ring (bicyclic) bond motifs is 2. The minimum absolute atomic E-state index is 0.0555. The summed E-state index contributed by atoms with van der Waals surface area (Å²) in [5.74, 6) is -8.80. The van der Waals surface area contributed by atoms with E-state index in [1.807, 2.05) is 24.3 Å². The molecule has 3 heterocycles. The Bertz CT molecular complexity index is 2820. The average molecular weight is 1290 g/mol. The van der Waals surface area contributed by atoms with Crippen molar-refractivity contribution in [3.05, 3.63) is 77.9 Å². The number of nitrogens with zero attached hydrogens (tertiary/aromatic N) is 2. The molecule has 3 aliphatic rings. The predicted molar refractivity (Wildman–Crippen MR) is 322 cm³/mol. The predicted octanol–water partition coefficient (Wildman–Crippen LogP) is -1.17. The molecular formula is C60H86N8O21S. The highest BCUT2D eigenvalue weighted by molar-refractivity contribution is 7.90. The van der Waals surface area contributed by atoms with Gasteiger partial charge in [0.15, 0.2) is 11.5 Å². The van der Waals surface area contributed by atoms with Crippen molar-refractivity contribution in [2.75, 3.05) is 46.0 Å². The molecule has 1 unspecified atom stereocenters. The lowest BCUT2D eigenvalue weighted by molar-refractivity contribution is -0.433. The third-order valence-electron chi connectivity index (χ3n) is 16.1. The molecule has 3 fully saturated rings. The quantitative estimate of drug-likeness (QED) is 0.0185. The minimum Gasteiger partial charge on any atom is -0.504 e. The number of benzene rings is 3. The first-order valence-electron chi connectivity index (χ1n) is 30.2. The summed E-state index contributed by atoms with van der Waals surface area (Å²) >= 11 is 0.0695. The summed E-state index contributed by atoms with van der Waals surface area (Å²) in [7, 11) is 0. The van der Waals surface area contributed by atoms with E-state index in [4.69, 9.17) is 14.2 Å². The molecule has 7 amide bonds. The smallest absolute Gasteiger partial charge is 0.261 e. The average Bonchev–Trinajstić information content (AvgIpc) is 2.20. The van der Waals surface area contributed by atoms with Crippen molar-refractivity contribution in [3.8, 4) is 28.4 Å². The van der Waals surface area contributed by atoms with E-state index in [0.29, 0.717) is 12.4 Å². The zero-order valence-corrected chi connectivity index (χ0v) is 51.2. The topological polar surface area (TPSA) is 437 Å². The molecule has 90 heavy (non-hydrogen) atoms. The van der Waals surface area contributed by atoms with Crippen LogP contribution in [0.1, 0.15) is 101 Å². The van der Waals surface area contributed by atoms with Crippen LogP contribution in [0.15, 0.2) is 66.7 Å². The van der Waals surface area contributed by atoms with E-state index < -0.39 is 184 Å². The molecule has 0 bridgehead atoms. The lowest BCUT2D eigenvalue weighted by Gasteiger charge is -2.34. The number of carbonyl (C=O) groups is 7. The van der Waals surface area contributed by atoms with Crippen LogP contribution in [-0.2, 0) is 44.6 Å². The zero-order valence-electron chi connectivity index (χ0n) is 50.4. The molecule has 30 heteroatoms. The van der Waals surface area contributed by atoms with Gasteiger partial charge in [-0.2, -0.15) is 0 Å². The highest BCUT2D eigenvalue weighted by Gasteiger charge is 2.50. The molecule has 3 aromatic carbocycles. The van der Waals surface area contributed by atoms with Crippen molar-refractivity contribution >= 4 is 53.7 Å². The maximum absolute atomic E-state index is 14.9. The third kappa shape index (κ3) is 20.4. The van der Waals surface area contributed by atoms with Gasteiger partial charge in [0.25, 0.3) is 18.2 Å². The van der Waals surface area contributed by atoms with Crippen LogP contribution in [0.4, 0.5) is 0 Å². The number of ether oxygens (including phenoxy) is 1. The molecule has 0 aliphatic carbocycles. The van der Waals surface area contributed by atoms with Gasteiger partial charge in [0, 0.05) is 50.4 Å². The Morgan fingerprint density at radius 3 is 2.02 bits per heavy atom. The van der Waals surface area contributed by atoms with E-state index >= 15 is 0 Å². The zero-order chi connectivity index (χ0) is 65.6. The summed E-state index contributed by atoms with van der Waals surface area (Å²) < 4.78 is 15.3. The Kier molecular flexibility index (Phi) is 28.7. The van der Waals surface area contributed by atoms with E-state index in [1.165, 1.54) is 56.9 Å². The number of carbonyl (C=O) groups excluding carboxylic acids is 7. The van der Waals surface area contributed by atoms with Crippen molar-refractivity contribution in [1.82, 2.24) is 41.7 Å². The standard InChI is InChI=1S/C60H86N8O21S/c1-4-5-6-7-8-9-10-23-86-42-18-16-37(17-19-42)36-12-14-38(15-13-36)54(78)63-43-26-40(72)28-62-58(82)52-53(77)33(2)29-68(52)60(84)51(46(75)21-22-61-39(31-69)32-70)66-57(81)50(47(76)24-35-11-20-45(74)48(25-35)87-90-89-88-85)65-56(80)44-27-41(73)30-67(44)59(83)49(34(3)71)64-55(43)79/h11-20,25,33-34,39-41,43-44,46-47,49-53,61,69-77,85H,4-10,21-24,26-32H2,1-3H3,(H,62,82)(H,63,78)(H,64,79)(H,65,80)(H,66,81)/t33-,34+,40+,41+,43?,44-,46+,47+,49-,50-,51-,52-,53-/m0/s1. The third-order valence-corrected chi connectivity index (χ3v) is 16.4. The van der Waals surface area contributed by atoms with Crippen molar-refractivity contribution in [2.45, 2.75) is 170 Å². The Morgan fingerprint density at radius 1 is 0.733 bits per heavy atom. The summed E-state index contributed by atoms with van der Waals surface area (Å²) in [6, 6.07) is 5.09. The van der Waals surface area contributed by atoms with Crippen LogP contribution < -0.4 is 40.8 Å². The van der Waals surface area contributed by atoms with Gasteiger partial charge in [0.1, 0.15) is 42.0 Å². The summed E-state index contributed by atoms with van der Waals surface area (Å²) in [6.45, 7) is 2.51. The molecule has 6 rings (SSSR count). The molecule has 29 nitrogen and oxygen atoms in total. The van der Waals surface area contributed by atoms with Gasteiger partial charge < -0.3 is 96.6 Å². The normalized spacial score (nSPS) is 25.0. The van der Waals surface area contributed by atoms with Gasteiger partial charge in [-0.1, -0.05) is 92.1 Å². The number of hydrogen-bond acceptors (Lipinski definition) is 23. The molecule has 3 aliphatic heterocycles. The molecule has 16 N–H and O–H groups in total. The second kappa shape index (κ2) is 35.7. The monoisotopic (exact) mass is 1290 g/mol. The summed E-state index contributed by atoms with van der Waals surface area (Å²) in [4.78, 5) is 104. The van der Waals surface area contributed by atoms with Crippen LogP contribution in [0.5, 0.6) is 17.2 Å². The maximum Gasteiger partial charge on any atom is 0.261 e. The van der Waals surface area contributed by atoms with Crippen LogP contribution in [0.2, 0.25) is 0 Å². The number of β-amino-alcohol motifs (C(OH)–C–C–N with tert-alkyl or cyclic N) is 1. The summed E-state index contributed by atoms with van der Waals surface area (Å²) in [5.41, 5.74) is 1.70. The molecule has 0 radical (unpaired) electrons. The molecule has 3 aromatic rings. The van der Waals surface area contributed by atoms with Crippen LogP contribution >= 0.6 is 12.3 Å². The van der Waals surface area contributed by atoms with E-state index in [1.54, 1.807) is 12.1 Å². The highest BCUT2D eigenvalue weighted by atomic mass is 32.2. The van der Waals surface area contributed by atoms with Gasteiger partial charge in [0.05, 0.1) is 62.5 Å². The van der Waals surface area contributed by atoms with Crippen LogP contribution in [0.3, 0.4) is 0 Å². The Morgan fingerprint density at radius 2 is 1.37 bits per heavy atom. The number of aliphatic hydroxyl groups excluding tert-OH is 8. The molecule has 0 aromatic heterocycles. The Hall–Kier alpha value is -6.78. The number of amides is 7. The van der Waals surface area contributed by atoms with Crippen molar-refractivity contribution in [2.24, 2.45) is 5.92 Å². The first-order chi connectivity index (χ1) is 43.1. The fourth-order valence-electron chi connectivity index (χ4n) is 10.9. The number of phenolic OH excluding ortho intramolecular Hbond substituents is 1. The number of nitrogens with one attached hydrogen (secondary N) is 6. The number of phenols is 1. The van der Waals surface area contributed by atoms with Gasteiger partial charge in [-0.05, 0) is 79.4 Å². The SMILES string of the molecule is CCCCCCCCCOc1ccc(-c2ccc(C(=O)NC3C[C@@H](O)CNC(=O)[C@@H]4[C@@H](O)[C@@H](C)CN4C(=O)[C@H]([C@H](O)CCNC(CO)CO)NC(=O)[C@H]([C@H](O)Cc4ccc(O)c(OSOOO)c4)NC(=O)[C@@H]4C[C@@H](O)CN4C(=O)[C@H]([C@@H](C)O)NC3=O)cc2)cc1. The van der Waals surface area contributed by atoms with E-state index in [9.17, 15) is 79.5 Å². The number of aliphatic hydroxyl groups is 8. The van der Waals surface area contributed by atoms with Gasteiger partial charge in [-0.3, -0.25) is 33.6 Å². The van der Waals surface area contributed by atoms with Crippen LogP contribution in [0.25, 0.3) is 11.1 Å². The van der Waals surface area contributed by atoms with Crippen LogP contribution in [-0.4, -0.2) is 227 Å². The van der Waals surface area contributed by atoms with E-state index in [0.717, 1.165) is 53.2 Å². The molecule has 0 spiro atoms. The molecular weight excluding hydrogens is 1200 g/mol. The van der Waals surface area contributed by atoms with E-state index in [2.05, 4.69) is 48.2 Å². The molecule has 3 saturated heterocycles. The number of unbranched alkanes of at least 4 members (excludes halogenated alkanes) is 6. The van der Waals surface area contributed by atoms with Gasteiger partial charge >= 0.3 is 0 Å². The fraction of sp³-hybridized carbons (Fsp3) is 0.583. The van der Waals surface area contributed by atoms with Gasteiger partial charge in [-0.25, -0.2) is 5.26 Å². The maximum atomic E-state index is 14.9. The largest absolute Gasteiger partial charge is 0.504 e. The Balaban J connectivity index is 1.32. The summed E-state index contributed by atoms with van der Waals surface area (Å²) in [5, 5.41) is 126. The fourth-order valence-corrected chi connectivity index (χ4v) is 11.2. The minimum atomic E-state index is -2.15. The number of aromatic hydroxyl groups is 1. The molecule has 498 valence electrons. The number of rotatable bonds is 27. The first kappa shape index (κ1) is 72.3.